The van der Waals surface area contributed by atoms with Crippen molar-refractivity contribution in [1.29, 1.82) is 0 Å². The average Bonchev–Trinajstić information content (AvgIpc) is 3.07. The molecule has 0 saturated heterocycles. The van der Waals surface area contributed by atoms with Gasteiger partial charge < -0.3 is 9.52 Å². The molecule has 0 saturated carbocycles. The number of hydrogen-bond donors (Lipinski definition) is 1. The number of carboxylic acids is 1. The van der Waals surface area contributed by atoms with Crippen LogP contribution in [0.1, 0.15) is 10.5 Å². The van der Waals surface area contributed by atoms with Crippen molar-refractivity contribution >= 4 is 17.3 Å². The van der Waals surface area contributed by atoms with E-state index in [0.29, 0.717) is 11.5 Å². The van der Waals surface area contributed by atoms with Gasteiger partial charge >= 0.3 is 5.97 Å². The number of nitrogens with zero attached hydrogens (tertiary/aromatic N) is 3. The minimum Gasteiger partial charge on any atom is -0.476 e. The highest BCUT2D eigenvalue weighted by Gasteiger charge is 2.22. The van der Waals surface area contributed by atoms with Crippen LogP contribution in [0.15, 0.2) is 34.3 Å². The first kappa shape index (κ1) is 11.7. The van der Waals surface area contributed by atoms with E-state index < -0.39 is 5.97 Å². The van der Waals surface area contributed by atoms with Crippen LogP contribution < -0.4 is 0 Å². The van der Waals surface area contributed by atoms with E-state index in [1.165, 1.54) is 11.3 Å². The van der Waals surface area contributed by atoms with Crippen molar-refractivity contribution in [3.63, 3.8) is 0 Å². The molecule has 3 rings (SSSR count). The predicted molar refractivity (Wildman–Crippen MR) is 69.0 cm³/mol. The number of aromatic carboxylic acids is 1. The summed E-state index contributed by atoms with van der Waals surface area (Å²) in [5, 5.41) is 15.1. The van der Waals surface area contributed by atoms with Gasteiger partial charge in [0.15, 0.2) is 11.5 Å². The third kappa shape index (κ3) is 2.04. The van der Waals surface area contributed by atoms with Crippen LogP contribution in [-0.4, -0.2) is 25.8 Å². The van der Waals surface area contributed by atoms with E-state index in [2.05, 4.69) is 10.1 Å². The van der Waals surface area contributed by atoms with Gasteiger partial charge in [0.1, 0.15) is 0 Å². The summed E-state index contributed by atoms with van der Waals surface area (Å²) in [6, 6.07) is 3.68. The van der Waals surface area contributed by atoms with Crippen molar-refractivity contribution in [2.24, 2.45) is 7.05 Å². The topological polar surface area (TPSA) is 81.2 Å². The Hall–Kier alpha value is -2.41. The summed E-state index contributed by atoms with van der Waals surface area (Å²) in [5.41, 5.74) is 0.492. The Kier molecular flexibility index (Phi) is 2.68. The Morgan fingerprint density at radius 2 is 2.37 bits per heavy atom. The van der Waals surface area contributed by atoms with E-state index in [9.17, 15) is 9.90 Å². The molecule has 0 bridgehead atoms. The lowest BCUT2D eigenvalue weighted by Crippen LogP contribution is -1.98. The van der Waals surface area contributed by atoms with Crippen LogP contribution in [0.25, 0.3) is 22.1 Å². The molecule has 6 nitrogen and oxygen atoms in total. The summed E-state index contributed by atoms with van der Waals surface area (Å²) in [6.07, 6.45) is 3.23. The molecule has 0 aliphatic rings. The molecule has 0 atom stereocenters. The van der Waals surface area contributed by atoms with Crippen molar-refractivity contribution in [2.45, 2.75) is 0 Å². The number of aryl methyl sites for hydroxylation is 1. The van der Waals surface area contributed by atoms with Gasteiger partial charge in [0.05, 0.1) is 16.6 Å². The summed E-state index contributed by atoms with van der Waals surface area (Å²) in [5.74, 6) is -0.583. The van der Waals surface area contributed by atoms with E-state index in [4.69, 9.17) is 4.42 Å². The van der Waals surface area contributed by atoms with Crippen LogP contribution in [0.5, 0.6) is 0 Å². The third-order valence-electron chi connectivity index (χ3n) is 2.53. The molecule has 0 fully saturated rings. The maximum Gasteiger partial charge on any atom is 0.358 e. The largest absolute Gasteiger partial charge is 0.476 e. The highest BCUT2D eigenvalue weighted by atomic mass is 32.1. The highest BCUT2D eigenvalue weighted by molar-refractivity contribution is 7.13. The number of carboxylic acid groups (broad SMARTS) is 1. The normalized spacial score (nSPS) is 10.8. The quantitative estimate of drug-likeness (QED) is 0.794. The van der Waals surface area contributed by atoms with Gasteiger partial charge in [-0.25, -0.2) is 9.78 Å². The van der Waals surface area contributed by atoms with Crippen molar-refractivity contribution in [2.75, 3.05) is 0 Å². The van der Waals surface area contributed by atoms with Gasteiger partial charge in [-0.2, -0.15) is 5.10 Å². The fraction of sp³-hybridized carbons (Fsp3) is 0.0833. The monoisotopic (exact) mass is 275 g/mol. The summed E-state index contributed by atoms with van der Waals surface area (Å²) in [6.45, 7) is 0. The minimum absolute atomic E-state index is 0.101. The SMILES string of the molecule is Cn1cc(-c2oc(-c3cccs3)nc2C(=O)O)cn1. The molecule has 1 N–H and O–H groups in total. The molecular weight excluding hydrogens is 266 g/mol. The van der Waals surface area contributed by atoms with Gasteiger partial charge in [-0.15, -0.1) is 11.3 Å². The number of aromatic nitrogens is 3. The first-order valence-electron chi connectivity index (χ1n) is 5.42. The van der Waals surface area contributed by atoms with Crippen molar-refractivity contribution in [1.82, 2.24) is 14.8 Å². The molecule has 0 amide bonds. The predicted octanol–water partition coefficient (Wildman–Crippen LogP) is 2.50. The number of thiophene rings is 1. The fourth-order valence-corrected chi connectivity index (χ4v) is 2.35. The van der Waals surface area contributed by atoms with Gasteiger partial charge in [-0.05, 0) is 11.4 Å². The van der Waals surface area contributed by atoms with Crippen LogP contribution in [0.3, 0.4) is 0 Å². The maximum atomic E-state index is 11.2. The second kappa shape index (κ2) is 4.36. The Bertz CT molecular complexity index is 727. The van der Waals surface area contributed by atoms with Crippen molar-refractivity contribution < 1.29 is 14.3 Å². The van der Waals surface area contributed by atoms with E-state index in [1.54, 1.807) is 24.1 Å². The maximum absolute atomic E-state index is 11.2. The second-order valence-electron chi connectivity index (χ2n) is 3.88. The van der Waals surface area contributed by atoms with Crippen LogP contribution in [-0.2, 0) is 7.05 Å². The number of rotatable bonds is 3. The molecule has 0 aromatic carbocycles. The molecule has 0 aliphatic carbocycles. The number of oxazole rings is 1. The molecule has 0 unspecified atom stereocenters. The number of hydrogen-bond acceptors (Lipinski definition) is 5. The fourth-order valence-electron chi connectivity index (χ4n) is 1.70. The summed E-state index contributed by atoms with van der Waals surface area (Å²) in [4.78, 5) is 16.1. The van der Waals surface area contributed by atoms with Gasteiger partial charge in [-0.3, -0.25) is 4.68 Å². The van der Waals surface area contributed by atoms with E-state index >= 15 is 0 Å². The zero-order valence-corrected chi connectivity index (χ0v) is 10.7. The van der Waals surface area contributed by atoms with E-state index in [0.717, 1.165) is 4.88 Å². The average molecular weight is 275 g/mol. The molecular formula is C12H9N3O3S. The molecule has 3 heterocycles. The Morgan fingerprint density at radius 3 is 2.95 bits per heavy atom. The Morgan fingerprint density at radius 1 is 1.53 bits per heavy atom. The van der Waals surface area contributed by atoms with Crippen LogP contribution in [0.2, 0.25) is 0 Å². The third-order valence-corrected chi connectivity index (χ3v) is 3.39. The highest BCUT2D eigenvalue weighted by Crippen LogP contribution is 2.31. The summed E-state index contributed by atoms with van der Waals surface area (Å²) >= 11 is 1.44. The Labute approximate surface area is 111 Å². The molecule has 96 valence electrons. The Balaban J connectivity index is 2.15. The zero-order chi connectivity index (χ0) is 13.4. The first-order valence-corrected chi connectivity index (χ1v) is 6.30. The minimum atomic E-state index is -1.12. The van der Waals surface area contributed by atoms with Crippen molar-refractivity contribution in [3.8, 4) is 22.1 Å². The smallest absolute Gasteiger partial charge is 0.358 e. The van der Waals surface area contributed by atoms with E-state index in [1.807, 2.05) is 17.5 Å². The molecule has 3 aromatic rings. The van der Waals surface area contributed by atoms with Gasteiger partial charge in [-0.1, -0.05) is 6.07 Å². The van der Waals surface area contributed by atoms with E-state index in [-0.39, 0.29) is 11.5 Å². The second-order valence-corrected chi connectivity index (χ2v) is 4.83. The van der Waals surface area contributed by atoms with Gasteiger partial charge in [0.2, 0.25) is 5.89 Å². The molecule has 0 aliphatic heterocycles. The standard InChI is InChI=1S/C12H9N3O3S/c1-15-6-7(5-13-15)10-9(12(16)17)14-11(18-10)8-3-2-4-19-8/h2-6H,1H3,(H,16,17). The molecule has 0 spiro atoms. The molecule has 3 aromatic heterocycles. The first-order chi connectivity index (χ1) is 9.15. The van der Waals surface area contributed by atoms with Crippen molar-refractivity contribution in [3.05, 3.63) is 35.6 Å². The molecule has 19 heavy (non-hydrogen) atoms. The summed E-state index contributed by atoms with van der Waals surface area (Å²) in [7, 11) is 1.75. The lowest BCUT2D eigenvalue weighted by atomic mass is 10.2. The molecule has 0 radical (unpaired) electrons. The van der Waals surface area contributed by atoms with Crippen LogP contribution >= 0.6 is 11.3 Å². The van der Waals surface area contributed by atoms with Crippen LogP contribution in [0, 0.1) is 0 Å². The lowest BCUT2D eigenvalue weighted by molar-refractivity contribution is 0.0691. The lowest BCUT2D eigenvalue weighted by Gasteiger charge is -1.91. The van der Waals surface area contributed by atoms with Crippen LogP contribution in [0.4, 0.5) is 0 Å². The summed E-state index contributed by atoms with van der Waals surface area (Å²) < 4.78 is 7.16. The molecule has 7 heteroatoms. The van der Waals surface area contributed by atoms with Gasteiger partial charge in [0, 0.05) is 13.2 Å². The zero-order valence-electron chi connectivity index (χ0n) is 9.90. The van der Waals surface area contributed by atoms with Gasteiger partial charge in [0.25, 0.3) is 0 Å². The number of carbonyl (C=O) groups is 1.